The first-order valence-electron chi connectivity index (χ1n) is 10.0. The normalized spacial score (nSPS) is 20.4. The summed E-state index contributed by atoms with van der Waals surface area (Å²) < 4.78 is 5.26. The summed E-state index contributed by atoms with van der Waals surface area (Å²) in [5, 5.41) is 6.72. The zero-order chi connectivity index (χ0) is 19.3. The largest absolute Gasteiger partial charge is 0.497 e. The van der Waals surface area contributed by atoms with Crippen molar-refractivity contribution in [2.45, 2.75) is 24.9 Å². The summed E-state index contributed by atoms with van der Waals surface area (Å²) in [6.45, 7) is 2.99. The van der Waals surface area contributed by atoms with Crippen LogP contribution in [0.1, 0.15) is 36.1 Å². The van der Waals surface area contributed by atoms with E-state index < -0.39 is 0 Å². The van der Waals surface area contributed by atoms with Crippen molar-refractivity contribution < 1.29 is 9.53 Å². The SMILES string of the molecule is COc1ccc(C(NC(=O)CN2CCNCC2c2cccnc2)C2CC2)cc1.Cl. The van der Waals surface area contributed by atoms with Crippen LogP contribution in [0.4, 0.5) is 0 Å². The van der Waals surface area contributed by atoms with Gasteiger partial charge in [-0.25, -0.2) is 0 Å². The number of pyridine rings is 1. The zero-order valence-electron chi connectivity index (χ0n) is 16.7. The molecule has 2 heterocycles. The van der Waals surface area contributed by atoms with Crippen molar-refractivity contribution in [1.82, 2.24) is 20.5 Å². The molecular formula is C22H29ClN4O2. The lowest BCUT2D eigenvalue weighted by atomic mass is 10.0. The monoisotopic (exact) mass is 416 g/mol. The number of halogens is 1. The molecule has 0 bridgehead atoms. The Morgan fingerprint density at radius 2 is 2.10 bits per heavy atom. The molecule has 2 atom stereocenters. The number of piperazine rings is 1. The Kier molecular flexibility index (Phi) is 7.47. The molecule has 6 nitrogen and oxygen atoms in total. The van der Waals surface area contributed by atoms with Gasteiger partial charge in [0, 0.05) is 38.1 Å². The zero-order valence-corrected chi connectivity index (χ0v) is 17.5. The topological polar surface area (TPSA) is 66.5 Å². The van der Waals surface area contributed by atoms with Gasteiger partial charge < -0.3 is 15.4 Å². The molecule has 1 aliphatic carbocycles. The lowest BCUT2D eigenvalue weighted by Gasteiger charge is -2.36. The molecule has 1 aromatic heterocycles. The second-order valence-corrected chi connectivity index (χ2v) is 7.63. The second-order valence-electron chi connectivity index (χ2n) is 7.63. The van der Waals surface area contributed by atoms with Crippen molar-refractivity contribution >= 4 is 18.3 Å². The molecule has 0 radical (unpaired) electrons. The highest BCUT2D eigenvalue weighted by atomic mass is 35.5. The summed E-state index contributed by atoms with van der Waals surface area (Å²) in [5.74, 6) is 1.46. The van der Waals surface area contributed by atoms with Gasteiger partial charge in [0.05, 0.1) is 19.7 Å². The Morgan fingerprint density at radius 3 is 2.76 bits per heavy atom. The number of carbonyl (C=O) groups is 1. The van der Waals surface area contributed by atoms with E-state index in [-0.39, 0.29) is 30.4 Å². The first-order valence-corrected chi connectivity index (χ1v) is 10.0. The third-order valence-electron chi connectivity index (χ3n) is 5.65. The summed E-state index contributed by atoms with van der Waals surface area (Å²) in [4.78, 5) is 19.4. The maximum absolute atomic E-state index is 12.9. The summed E-state index contributed by atoms with van der Waals surface area (Å²) in [5.41, 5.74) is 2.30. The summed E-state index contributed by atoms with van der Waals surface area (Å²) in [6.07, 6.45) is 6.02. The predicted octanol–water partition coefficient (Wildman–Crippen LogP) is 2.73. The van der Waals surface area contributed by atoms with E-state index in [9.17, 15) is 4.79 Å². The van der Waals surface area contributed by atoms with Crippen molar-refractivity contribution in [2.75, 3.05) is 33.3 Å². The van der Waals surface area contributed by atoms with Gasteiger partial charge in [-0.3, -0.25) is 14.7 Å². The third kappa shape index (κ3) is 5.47. The van der Waals surface area contributed by atoms with Gasteiger partial charge in [0.2, 0.25) is 5.91 Å². The van der Waals surface area contributed by atoms with E-state index in [4.69, 9.17) is 4.74 Å². The van der Waals surface area contributed by atoms with Gasteiger partial charge in [-0.15, -0.1) is 12.4 Å². The van der Waals surface area contributed by atoms with E-state index in [2.05, 4.69) is 38.7 Å². The molecule has 2 unspecified atom stereocenters. The van der Waals surface area contributed by atoms with Gasteiger partial charge in [-0.1, -0.05) is 18.2 Å². The number of rotatable bonds is 7. The summed E-state index contributed by atoms with van der Waals surface area (Å²) >= 11 is 0. The highest BCUT2D eigenvalue weighted by Crippen LogP contribution is 2.41. The van der Waals surface area contributed by atoms with Crippen molar-refractivity contribution in [2.24, 2.45) is 5.92 Å². The number of benzene rings is 1. The molecule has 2 aromatic rings. The van der Waals surface area contributed by atoms with Crippen molar-refractivity contribution in [3.05, 3.63) is 59.9 Å². The van der Waals surface area contributed by atoms with Crippen LogP contribution >= 0.6 is 12.4 Å². The fourth-order valence-electron chi connectivity index (χ4n) is 3.96. The Labute approximate surface area is 178 Å². The lowest BCUT2D eigenvalue weighted by molar-refractivity contribution is -0.124. The Hall–Kier alpha value is -2.15. The van der Waals surface area contributed by atoms with E-state index in [1.165, 1.54) is 12.8 Å². The third-order valence-corrected chi connectivity index (χ3v) is 5.65. The smallest absolute Gasteiger partial charge is 0.234 e. The minimum absolute atomic E-state index is 0. The molecule has 2 aliphatic rings. The van der Waals surface area contributed by atoms with E-state index in [1.807, 2.05) is 24.4 Å². The molecule has 1 saturated heterocycles. The number of amides is 1. The van der Waals surface area contributed by atoms with Gasteiger partial charge >= 0.3 is 0 Å². The average Bonchev–Trinajstić information content (AvgIpc) is 3.58. The number of ether oxygens (including phenoxy) is 1. The molecular weight excluding hydrogens is 388 g/mol. The van der Waals surface area contributed by atoms with Crippen LogP contribution < -0.4 is 15.4 Å². The van der Waals surface area contributed by atoms with Crippen LogP contribution in [-0.4, -0.2) is 49.1 Å². The fraction of sp³-hybridized carbons (Fsp3) is 0.455. The minimum atomic E-state index is 0. The number of nitrogens with zero attached hydrogens (tertiary/aromatic N) is 2. The van der Waals surface area contributed by atoms with Crippen LogP contribution in [0, 0.1) is 5.92 Å². The minimum Gasteiger partial charge on any atom is -0.497 e. The molecule has 1 aromatic carbocycles. The van der Waals surface area contributed by atoms with Crippen LogP contribution in [0.15, 0.2) is 48.8 Å². The second kappa shape index (κ2) is 10.1. The van der Waals surface area contributed by atoms with Gasteiger partial charge in [-0.05, 0) is 48.1 Å². The molecule has 1 saturated carbocycles. The van der Waals surface area contributed by atoms with E-state index in [0.717, 1.165) is 36.5 Å². The highest BCUT2D eigenvalue weighted by Gasteiger charge is 2.34. The molecule has 0 spiro atoms. The maximum atomic E-state index is 12.9. The van der Waals surface area contributed by atoms with E-state index in [1.54, 1.807) is 13.3 Å². The Morgan fingerprint density at radius 1 is 1.31 bits per heavy atom. The molecule has 156 valence electrons. The number of carbonyl (C=O) groups excluding carboxylic acids is 1. The molecule has 1 amide bonds. The van der Waals surface area contributed by atoms with Crippen molar-refractivity contribution in [3.63, 3.8) is 0 Å². The number of hydrogen-bond acceptors (Lipinski definition) is 5. The Balaban J connectivity index is 0.00000240. The first-order chi connectivity index (χ1) is 13.7. The van der Waals surface area contributed by atoms with Crippen molar-refractivity contribution in [3.8, 4) is 5.75 Å². The van der Waals surface area contributed by atoms with E-state index >= 15 is 0 Å². The standard InChI is InChI=1S/C22H28N4O2.ClH/c1-28-19-8-6-17(7-9-19)22(16-4-5-16)25-21(27)15-26-12-11-24-14-20(26)18-3-2-10-23-13-18;/h2-3,6-10,13,16,20,22,24H,4-5,11-12,14-15H2,1H3,(H,25,27);1H. The number of aromatic nitrogens is 1. The van der Waals surface area contributed by atoms with Crippen LogP contribution in [0.3, 0.4) is 0 Å². The lowest BCUT2D eigenvalue weighted by Crippen LogP contribution is -2.50. The van der Waals surface area contributed by atoms with Crippen LogP contribution in [0.2, 0.25) is 0 Å². The number of hydrogen-bond donors (Lipinski definition) is 2. The predicted molar refractivity (Wildman–Crippen MR) is 115 cm³/mol. The molecule has 7 heteroatoms. The highest BCUT2D eigenvalue weighted by molar-refractivity contribution is 5.85. The van der Waals surface area contributed by atoms with E-state index in [0.29, 0.717) is 12.5 Å². The maximum Gasteiger partial charge on any atom is 0.234 e. The molecule has 29 heavy (non-hydrogen) atoms. The van der Waals surface area contributed by atoms with Crippen LogP contribution in [0.5, 0.6) is 5.75 Å². The van der Waals surface area contributed by atoms with Crippen LogP contribution in [-0.2, 0) is 4.79 Å². The van der Waals surface area contributed by atoms with Gasteiger partial charge in [0.25, 0.3) is 0 Å². The van der Waals surface area contributed by atoms with Crippen molar-refractivity contribution in [1.29, 1.82) is 0 Å². The van der Waals surface area contributed by atoms with Gasteiger partial charge in [0.15, 0.2) is 0 Å². The Bertz CT molecular complexity index is 783. The summed E-state index contributed by atoms with van der Waals surface area (Å²) in [7, 11) is 1.67. The molecule has 1 aliphatic heterocycles. The molecule has 2 fully saturated rings. The quantitative estimate of drug-likeness (QED) is 0.726. The fourth-order valence-corrected chi connectivity index (χ4v) is 3.96. The summed E-state index contributed by atoms with van der Waals surface area (Å²) in [6, 6.07) is 12.3. The number of methoxy groups -OCH3 is 1. The van der Waals surface area contributed by atoms with Gasteiger partial charge in [0.1, 0.15) is 5.75 Å². The number of nitrogens with one attached hydrogen (secondary N) is 2. The van der Waals surface area contributed by atoms with Crippen LogP contribution in [0.25, 0.3) is 0 Å². The van der Waals surface area contributed by atoms with Gasteiger partial charge in [-0.2, -0.15) is 0 Å². The molecule has 4 rings (SSSR count). The first kappa shape index (κ1) is 21.6. The molecule has 2 N–H and O–H groups in total. The average molecular weight is 417 g/mol.